The number of phenols is 1. The molecule has 4 aromatic carbocycles. The number of rotatable bonds is 21. The lowest BCUT2D eigenvalue weighted by Crippen LogP contribution is -2.62. The fraction of sp³-hybridized carbons (Fsp3) is 0.531. The van der Waals surface area contributed by atoms with Crippen molar-refractivity contribution in [3.8, 4) is 5.75 Å². The molecule has 43 nitrogen and oxygen atoms in total. The third kappa shape index (κ3) is 30.0. The number of phenolic OH excluding ortho intramolecular Hbond substituents is 1. The zero-order valence-electron chi connectivity index (χ0n) is 82.7. The number of benzene rings is 4. The molecule has 0 spiro atoms. The number of nitrogens with zero attached hydrogens (tertiary/aromatic N) is 6. The van der Waals surface area contributed by atoms with Gasteiger partial charge in [-0.3, -0.25) is 86.3 Å². The third-order valence-corrected chi connectivity index (χ3v) is 27.1. The molecule has 6 bridgehead atoms. The number of nitrogens with one attached hydrogen (secondary N) is 12. The number of hydrogen-bond donors (Lipinski definition) is 18. The van der Waals surface area contributed by atoms with Gasteiger partial charge in [-0.1, -0.05) is 134 Å². The molecule has 17 amide bonds. The van der Waals surface area contributed by atoms with E-state index in [2.05, 4.69) is 63.5 Å². The van der Waals surface area contributed by atoms with Crippen LogP contribution in [-0.2, 0) is 123 Å². The van der Waals surface area contributed by atoms with Crippen LogP contribution in [0.3, 0.4) is 0 Å². The second-order valence-electron chi connectivity index (χ2n) is 38.0. The number of unbranched alkanes of at least 4 members (excludes halogenated alkanes) is 2. The number of aliphatic hydroxyl groups is 1. The van der Waals surface area contributed by atoms with Crippen molar-refractivity contribution in [2.45, 2.75) is 255 Å². The normalized spacial score (nSPS) is 24.8. The first-order valence-corrected chi connectivity index (χ1v) is 49.8. The highest BCUT2D eigenvalue weighted by Gasteiger charge is 2.47. The van der Waals surface area contributed by atoms with E-state index in [1.54, 1.807) is 82.4 Å². The topological polar surface area (TPSA) is 624 Å². The molecule has 11 rings (SSSR count). The summed E-state index contributed by atoms with van der Waals surface area (Å²) in [5.74, 6) is -20.6. The van der Waals surface area contributed by atoms with Crippen molar-refractivity contribution in [2.24, 2.45) is 29.0 Å². The average Bonchev–Trinajstić information content (AvgIpc) is 1.65. The second kappa shape index (κ2) is 52.6. The first kappa shape index (κ1) is 112. The van der Waals surface area contributed by atoms with Gasteiger partial charge in [-0.15, -0.1) is 11.8 Å². The van der Waals surface area contributed by atoms with Crippen LogP contribution in [0.4, 0.5) is 4.39 Å². The zero-order valence-corrected chi connectivity index (χ0v) is 83.5. The van der Waals surface area contributed by atoms with Gasteiger partial charge in [0.05, 0.1) is 24.8 Å². The minimum atomic E-state index is -2.31. The van der Waals surface area contributed by atoms with Crippen LogP contribution < -0.4 is 81.1 Å². The summed E-state index contributed by atoms with van der Waals surface area (Å²) in [4.78, 5) is 277. The fourth-order valence-electron chi connectivity index (χ4n) is 18.3. The Kier molecular flexibility index (Phi) is 41.0. The van der Waals surface area contributed by atoms with Crippen molar-refractivity contribution < 1.29 is 111 Å². The van der Waals surface area contributed by atoms with Crippen LogP contribution in [-0.4, -0.2) is 319 Å². The molecule has 3 saturated heterocycles. The number of fused-ring (bicyclic) bond motifs is 42. The maximum absolute atomic E-state index is 17.2. The maximum Gasteiger partial charge on any atom is 0.565 e. The summed E-state index contributed by atoms with van der Waals surface area (Å²) in [5.41, 5.74) is 18.9. The van der Waals surface area contributed by atoms with Crippen molar-refractivity contribution >= 4 is 153 Å². The number of aromatic amines is 1. The van der Waals surface area contributed by atoms with E-state index in [-0.39, 0.29) is 100 Å². The summed E-state index contributed by atoms with van der Waals surface area (Å²) in [6.07, 6.45) is 0.155. The van der Waals surface area contributed by atoms with Crippen LogP contribution in [0.2, 0.25) is 0 Å². The Morgan fingerprint density at radius 2 is 1.21 bits per heavy atom. The summed E-state index contributed by atoms with van der Waals surface area (Å²) in [7, 11) is 1.57. The summed E-state index contributed by atoms with van der Waals surface area (Å²) >= 11 is 0.777. The van der Waals surface area contributed by atoms with E-state index in [1.165, 1.54) is 75.2 Å². The minimum absolute atomic E-state index is 0.0233. The summed E-state index contributed by atoms with van der Waals surface area (Å²) in [5, 5.41) is 64.4. The van der Waals surface area contributed by atoms with Gasteiger partial charge in [-0.2, -0.15) is 0 Å². The number of aliphatic hydroxyl groups excluding tert-OH is 1. The van der Waals surface area contributed by atoms with Crippen LogP contribution in [0.5, 0.6) is 5.75 Å². The number of thioether (sulfide) groups is 1. The van der Waals surface area contributed by atoms with E-state index >= 15 is 52.3 Å². The Labute approximate surface area is 838 Å². The predicted molar refractivity (Wildman–Crippen MR) is 530 cm³/mol. The van der Waals surface area contributed by atoms with Crippen LogP contribution >= 0.6 is 11.8 Å². The van der Waals surface area contributed by atoms with E-state index in [0.29, 0.717) is 52.2 Å². The van der Waals surface area contributed by atoms with Gasteiger partial charge in [-0.05, 0) is 111 Å². The summed E-state index contributed by atoms with van der Waals surface area (Å²) in [6.45, 7) is 8.28. The second-order valence-corrected chi connectivity index (χ2v) is 39.0. The molecule has 6 aromatic rings. The number of para-hydroxylation sites is 2. The number of likely N-dealkylation sites (N-methyl/N-ethyl adjacent to an activating group) is 3. The predicted octanol–water partition coefficient (Wildman–Crippen LogP) is -2.11. The molecular weight excluding hydrogens is 1890 g/mol. The Bertz CT molecular complexity index is 5650. The van der Waals surface area contributed by atoms with E-state index in [0.717, 1.165) is 42.3 Å². The molecule has 2 aromatic heterocycles. The Morgan fingerprint density at radius 3 is 1.89 bits per heavy atom. The van der Waals surface area contributed by atoms with E-state index in [1.807, 2.05) is 13.8 Å². The van der Waals surface area contributed by atoms with E-state index in [9.17, 15) is 53.6 Å². The quantitative estimate of drug-likeness (QED) is 0.0271. The van der Waals surface area contributed by atoms with E-state index < -0.39 is 285 Å². The number of aromatic hydroxyl groups is 1. The van der Waals surface area contributed by atoms with Gasteiger partial charge in [0.15, 0.2) is 0 Å². The van der Waals surface area contributed by atoms with Crippen LogP contribution in [0.25, 0.3) is 21.8 Å². The number of primary amides is 2. The van der Waals surface area contributed by atoms with Gasteiger partial charge in [-0.25, -0.2) is 4.39 Å². The summed E-state index contributed by atoms with van der Waals surface area (Å²) < 4.78 is 24.2. The van der Waals surface area contributed by atoms with Crippen molar-refractivity contribution in [3.63, 3.8) is 0 Å². The van der Waals surface area contributed by atoms with Crippen molar-refractivity contribution in [1.82, 2.24) is 92.5 Å². The average molecular weight is 2020 g/mol. The molecule has 144 heavy (non-hydrogen) atoms. The molecule has 780 valence electrons. The largest absolute Gasteiger partial charge is 0.565 e. The lowest BCUT2D eigenvalue weighted by molar-refractivity contribution is -0.149. The van der Waals surface area contributed by atoms with Gasteiger partial charge in [0.1, 0.15) is 103 Å². The van der Waals surface area contributed by atoms with Gasteiger partial charge < -0.3 is 130 Å². The lowest BCUT2D eigenvalue weighted by Gasteiger charge is -2.36. The molecule has 3 fully saturated rings. The number of halogens is 1. The molecule has 7 heterocycles. The number of carbonyl (C=O) groups is 18. The Hall–Kier alpha value is -13.6. The molecule has 46 heteroatoms. The molecule has 15 atom stereocenters. The Morgan fingerprint density at radius 1 is 0.597 bits per heavy atom. The van der Waals surface area contributed by atoms with Crippen LogP contribution in [0.15, 0.2) is 103 Å². The molecular formula is C98H135BFN21O22S. The SMILES string of the molecule is CCCC[C@H]1C(=O)N(C)[C@@H](CCCC)C(=O)N[C@@H](CC(C)C)C(=O)N[C@H](C(=O)NCC(N)=O)CSCC(=O)N[C@@H](Cc2ccc(O)cc2)C(=O)N(C)[C@@H](C)C(=O)N[C@@H](CC(N)=O)C(=O)N2CCC[C@H]2C(=O)N[C@H]2CNCc3cccc(c3F)B(O)OC(=O)Cn3cc(c4ccccc43)C[C@H](NC(=O)[C@H](CCN)NC(=O)[C@H](Cc3c[nH]c4ccccc34)NC(=O)[C@@H]3C[C@@H](O)CN3C(=O)[C@H](CC(C)C)NC2=O)C(=O)N1C. The van der Waals surface area contributed by atoms with Crippen molar-refractivity contribution in [2.75, 3.05) is 65.4 Å². The molecule has 0 unspecified atom stereocenters. The Balaban J connectivity index is 1.11. The van der Waals surface area contributed by atoms with Gasteiger partial charge in [0.2, 0.25) is 100 Å². The van der Waals surface area contributed by atoms with Crippen LogP contribution in [0, 0.1) is 17.7 Å². The number of hydrogen-bond acceptors (Lipinski definition) is 25. The lowest BCUT2D eigenvalue weighted by atomic mass is 9.78. The van der Waals surface area contributed by atoms with E-state index in [4.69, 9.17) is 21.9 Å². The van der Waals surface area contributed by atoms with Gasteiger partial charge >= 0.3 is 13.1 Å². The van der Waals surface area contributed by atoms with Gasteiger partial charge in [0.25, 0.3) is 0 Å². The highest BCUT2D eigenvalue weighted by molar-refractivity contribution is 8.00. The number of H-pyrrole nitrogens is 1. The highest BCUT2D eigenvalue weighted by atomic mass is 32.2. The number of amides is 17. The highest BCUT2D eigenvalue weighted by Crippen LogP contribution is 2.30. The molecule has 0 saturated carbocycles. The zero-order chi connectivity index (χ0) is 105. The van der Waals surface area contributed by atoms with Crippen LogP contribution in [0.1, 0.15) is 154 Å². The molecule has 0 radical (unpaired) electrons. The number of nitrogens with two attached hydrogens (primary N) is 3. The minimum Gasteiger partial charge on any atom is -0.508 e. The number of aromatic nitrogens is 2. The smallest absolute Gasteiger partial charge is 0.508 e. The summed E-state index contributed by atoms with van der Waals surface area (Å²) in [6, 6.07) is 0.471. The van der Waals surface area contributed by atoms with Crippen molar-refractivity contribution in [3.05, 3.63) is 131 Å². The fourth-order valence-corrected chi connectivity index (χ4v) is 19.1. The first-order chi connectivity index (χ1) is 68.5. The molecule has 5 aliphatic heterocycles. The number of carbonyl (C=O) groups excluding carboxylic acids is 18. The first-order valence-electron chi connectivity index (χ1n) is 48.7. The third-order valence-electron chi connectivity index (χ3n) is 26.1. The standard InChI is InChI=1S/C98H135BFN21O22S/c1-11-13-26-76-91(134)109-67(37-53(3)4)88(131)115-74(86(129)106-47-81(103)125)51-144-52-82(126)107-70(39-56-30-32-60(122)33-31-56)94(137)116(8)55(7)85(128)111-72(43-80(102)124)96(139)120-36-20-29-77(120)92(135)114-73-46-104-44-57-21-19-24-64(84(57)100)99(142)143-83(127)50-119-48-59(63-23-16-18-28-75(63)119)41-71(95(138)118(10)78(27-14-12-2)98(141)117(76)9)113-87(130)66(34-35-101)108-89(132)68(40-58-45-105-65-25-17-15-22-62(58)65)110-93(136)79-42-61(123)49-121(79)97(140)69(38-54(5)6)112-90(73)133/h15-19,21-25,28,30-33,45,48,53-55,61,66-74,76-79,104-105,122-123,142H,11-14,20,26-27,29,34-44,46-47,49-52,101H2,1-10H3,(H2,102,124)(H2,103,125)(H,106,129)(H,107,126)(H,108,132)(H,109,134)(H,110,136)(H,111,128)(H,112,133)(H,113,130)(H,114,135)(H,115,131)/t55-,61+,66-,67-,68-,69-,70-,71-,72-,73-,74-,76-,77-,78-,79-/m0/s1. The van der Waals surface area contributed by atoms with Crippen molar-refractivity contribution in [1.29, 1.82) is 0 Å². The molecule has 5 aliphatic rings. The molecule has 21 N–H and O–H groups in total. The molecule has 0 aliphatic carbocycles. The maximum atomic E-state index is 17.2. The monoisotopic (exact) mass is 2020 g/mol. The van der Waals surface area contributed by atoms with Gasteiger partial charge in [0, 0.05) is 124 Å².